The third-order valence-corrected chi connectivity index (χ3v) is 5.86. The molecule has 2 N–H and O–H groups in total. The van der Waals surface area contributed by atoms with E-state index in [1.807, 2.05) is 24.3 Å². The first kappa shape index (κ1) is 20.9. The molecule has 0 fully saturated rings. The van der Waals surface area contributed by atoms with Gasteiger partial charge in [0.05, 0.1) is 0 Å². The largest absolute Gasteiger partial charge is 0.372 e. The lowest BCUT2D eigenvalue weighted by molar-refractivity contribution is -0.116. The molecule has 0 saturated heterocycles. The molecule has 1 aromatic carbocycles. The molecule has 0 unspecified atom stereocenters. The molecule has 0 aliphatic heterocycles. The van der Waals surface area contributed by atoms with E-state index in [1.165, 1.54) is 6.92 Å². The molecular formula is C18H26N4O4S. The van der Waals surface area contributed by atoms with E-state index >= 15 is 0 Å². The van der Waals surface area contributed by atoms with Crippen LogP contribution in [-0.2, 0) is 14.8 Å². The molecule has 1 heterocycles. The van der Waals surface area contributed by atoms with Crippen molar-refractivity contribution in [3.8, 4) is 0 Å². The molecule has 2 aromatic rings. The van der Waals surface area contributed by atoms with Crippen LogP contribution in [0.3, 0.4) is 0 Å². The second-order valence-corrected chi connectivity index (χ2v) is 7.77. The number of carbonyl (C=O) groups excluding carboxylic acids is 1. The number of aryl methyl sites for hydroxylation is 2. The lowest BCUT2D eigenvalue weighted by atomic mass is 10.2. The number of hydrogen-bond donors (Lipinski definition) is 2. The first-order valence-electron chi connectivity index (χ1n) is 8.85. The topological polar surface area (TPSA) is 105 Å². The lowest BCUT2D eigenvalue weighted by Gasteiger charge is -2.21. The fraction of sp³-hybridized carbons (Fsp3) is 0.444. The molecule has 1 aromatic heterocycles. The summed E-state index contributed by atoms with van der Waals surface area (Å²) in [5.41, 5.74) is 2.05. The molecule has 0 atom stereocenters. The molecule has 0 saturated carbocycles. The number of carbonyl (C=O) groups is 1. The highest BCUT2D eigenvalue weighted by Gasteiger charge is 2.23. The van der Waals surface area contributed by atoms with Gasteiger partial charge in [0.1, 0.15) is 10.6 Å². The minimum absolute atomic E-state index is 0.0143. The Kier molecular flexibility index (Phi) is 6.98. The summed E-state index contributed by atoms with van der Waals surface area (Å²) in [5, 5.41) is 6.40. The van der Waals surface area contributed by atoms with Gasteiger partial charge in [-0.3, -0.25) is 4.79 Å². The molecular weight excluding hydrogens is 368 g/mol. The monoisotopic (exact) mass is 394 g/mol. The molecule has 0 aliphatic rings. The Morgan fingerprint density at radius 3 is 2.30 bits per heavy atom. The van der Waals surface area contributed by atoms with Crippen LogP contribution in [0, 0.1) is 13.8 Å². The van der Waals surface area contributed by atoms with E-state index < -0.39 is 10.0 Å². The fourth-order valence-corrected chi connectivity index (χ4v) is 4.15. The zero-order chi connectivity index (χ0) is 20.0. The van der Waals surface area contributed by atoms with Gasteiger partial charge in [-0.05, 0) is 52.0 Å². The van der Waals surface area contributed by atoms with Crippen LogP contribution in [0.15, 0.2) is 33.7 Å². The molecule has 0 spiro atoms. The van der Waals surface area contributed by atoms with Gasteiger partial charge >= 0.3 is 0 Å². The van der Waals surface area contributed by atoms with Crippen LogP contribution in [0.4, 0.5) is 11.4 Å². The maximum Gasteiger partial charge on any atom is 0.245 e. The summed E-state index contributed by atoms with van der Waals surface area (Å²) in [7, 11) is -3.76. The van der Waals surface area contributed by atoms with Crippen LogP contribution in [0.2, 0.25) is 0 Å². The first-order chi connectivity index (χ1) is 12.8. The Labute approximate surface area is 160 Å². The number of sulfonamides is 1. The molecule has 148 valence electrons. The van der Waals surface area contributed by atoms with Gasteiger partial charge < -0.3 is 14.7 Å². The Balaban J connectivity index is 1.88. The quantitative estimate of drug-likeness (QED) is 0.677. The number of aromatic nitrogens is 1. The van der Waals surface area contributed by atoms with Crippen molar-refractivity contribution >= 4 is 27.3 Å². The molecule has 0 radical (unpaired) electrons. The van der Waals surface area contributed by atoms with Crippen molar-refractivity contribution in [1.29, 1.82) is 0 Å². The average Bonchev–Trinajstić information content (AvgIpc) is 2.96. The van der Waals surface area contributed by atoms with Gasteiger partial charge in [0.25, 0.3) is 0 Å². The molecule has 9 heteroatoms. The minimum Gasteiger partial charge on any atom is -0.372 e. The van der Waals surface area contributed by atoms with Gasteiger partial charge in [0, 0.05) is 37.4 Å². The van der Waals surface area contributed by atoms with Crippen molar-refractivity contribution in [1.82, 2.24) is 9.88 Å². The number of benzene rings is 1. The maximum absolute atomic E-state index is 12.3. The fourth-order valence-electron chi connectivity index (χ4n) is 2.80. The van der Waals surface area contributed by atoms with Crippen molar-refractivity contribution in [2.45, 2.75) is 39.0 Å². The van der Waals surface area contributed by atoms with Crippen LogP contribution in [0.1, 0.15) is 31.7 Å². The standard InChI is InChI=1S/C18H26N4O4S/c1-5-22(6-2)16-9-7-15(8-10-16)20-17(23)11-12-19-27(24,25)18-13(3)21-26-14(18)4/h7-10,19H,5-6,11-12H2,1-4H3,(H,20,23). The maximum atomic E-state index is 12.3. The second kappa shape index (κ2) is 9.01. The number of rotatable bonds is 9. The Morgan fingerprint density at radius 2 is 1.78 bits per heavy atom. The summed E-state index contributed by atoms with van der Waals surface area (Å²) in [4.78, 5) is 14.3. The van der Waals surface area contributed by atoms with Crippen molar-refractivity contribution < 1.29 is 17.7 Å². The Hall–Kier alpha value is -2.39. The molecule has 0 bridgehead atoms. The van der Waals surface area contributed by atoms with Crippen molar-refractivity contribution in [3.05, 3.63) is 35.7 Å². The normalized spacial score (nSPS) is 11.4. The summed E-state index contributed by atoms with van der Waals surface area (Å²) >= 11 is 0. The van der Waals surface area contributed by atoms with Gasteiger partial charge in [-0.25, -0.2) is 13.1 Å². The minimum atomic E-state index is -3.76. The number of nitrogens with one attached hydrogen (secondary N) is 2. The molecule has 0 aliphatic carbocycles. The van der Waals surface area contributed by atoms with Gasteiger partial charge in [-0.15, -0.1) is 0 Å². The van der Waals surface area contributed by atoms with Crippen LogP contribution >= 0.6 is 0 Å². The van der Waals surface area contributed by atoms with Crippen molar-refractivity contribution in [2.75, 3.05) is 29.9 Å². The predicted octanol–water partition coefficient (Wildman–Crippen LogP) is 2.44. The number of hydrogen-bond acceptors (Lipinski definition) is 6. The Bertz CT molecular complexity index is 852. The van der Waals surface area contributed by atoms with E-state index in [2.05, 4.69) is 33.9 Å². The predicted molar refractivity (Wildman–Crippen MR) is 104 cm³/mol. The summed E-state index contributed by atoms with van der Waals surface area (Å²) in [6.45, 7) is 9.06. The lowest BCUT2D eigenvalue weighted by Crippen LogP contribution is -2.28. The second-order valence-electron chi connectivity index (χ2n) is 6.07. The molecule has 1 amide bonds. The average molecular weight is 394 g/mol. The number of anilines is 2. The van der Waals surface area contributed by atoms with Gasteiger partial charge in [-0.2, -0.15) is 0 Å². The van der Waals surface area contributed by atoms with Gasteiger partial charge in [0.2, 0.25) is 15.9 Å². The zero-order valence-electron chi connectivity index (χ0n) is 16.1. The van der Waals surface area contributed by atoms with Crippen LogP contribution in [-0.4, -0.2) is 39.1 Å². The van der Waals surface area contributed by atoms with E-state index in [1.54, 1.807) is 6.92 Å². The van der Waals surface area contributed by atoms with Crippen LogP contribution < -0.4 is 14.9 Å². The SMILES string of the molecule is CCN(CC)c1ccc(NC(=O)CCNS(=O)(=O)c2c(C)noc2C)cc1. The molecule has 2 rings (SSSR count). The van der Waals surface area contributed by atoms with E-state index in [0.717, 1.165) is 18.8 Å². The third-order valence-electron chi connectivity index (χ3n) is 4.16. The van der Waals surface area contributed by atoms with E-state index in [9.17, 15) is 13.2 Å². The summed E-state index contributed by atoms with van der Waals surface area (Å²) in [6, 6.07) is 7.56. The summed E-state index contributed by atoms with van der Waals surface area (Å²) in [6.07, 6.45) is 0.0143. The highest BCUT2D eigenvalue weighted by Crippen LogP contribution is 2.19. The third kappa shape index (κ3) is 5.30. The van der Waals surface area contributed by atoms with Gasteiger partial charge in [-0.1, -0.05) is 5.16 Å². The van der Waals surface area contributed by atoms with Crippen molar-refractivity contribution in [3.63, 3.8) is 0 Å². The van der Waals surface area contributed by atoms with Crippen LogP contribution in [0.25, 0.3) is 0 Å². The number of nitrogens with zero attached hydrogens (tertiary/aromatic N) is 2. The summed E-state index contributed by atoms with van der Waals surface area (Å²) < 4.78 is 31.9. The summed E-state index contributed by atoms with van der Waals surface area (Å²) in [5.74, 6) is -0.0511. The highest BCUT2D eigenvalue weighted by molar-refractivity contribution is 7.89. The molecule has 8 nitrogen and oxygen atoms in total. The zero-order valence-corrected chi connectivity index (χ0v) is 16.9. The molecule has 27 heavy (non-hydrogen) atoms. The van der Waals surface area contributed by atoms with E-state index in [0.29, 0.717) is 5.69 Å². The number of amides is 1. The smallest absolute Gasteiger partial charge is 0.245 e. The Morgan fingerprint density at radius 1 is 1.15 bits per heavy atom. The first-order valence-corrected chi connectivity index (χ1v) is 10.3. The van der Waals surface area contributed by atoms with E-state index in [4.69, 9.17) is 4.52 Å². The highest BCUT2D eigenvalue weighted by atomic mass is 32.2. The van der Waals surface area contributed by atoms with Crippen molar-refractivity contribution in [2.24, 2.45) is 0 Å². The van der Waals surface area contributed by atoms with Crippen LogP contribution in [0.5, 0.6) is 0 Å². The van der Waals surface area contributed by atoms with E-state index in [-0.39, 0.29) is 35.2 Å². The van der Waals surface area contributed by atoms with Gasteiger partial charge in [0.15, 0.2) is 5.76 Å².